The molecule has 3 rings (SSSR count). The van der Waals surface area contributed by atoms with Crippen molar-refractivity contribution in [2.75, 3.05) is 4.72 Å². The predicted molar refractivity (Wildman–Crippen MR) is 103 cm³/mol. The Morgan fingerprint density at radius 1 is 1.20 bits per heavy atom. The van der Waals surface area contributed by atoms with Crippen LogP contribution in [0.4, 0.5) is 5.69 Å². The first kappa shape index (κ1) is 18.3. The molecule has 0 radical (unpaired) electrons. The van der Waals surface area contributed by atoms with Crippen molar-refractivity contribution in [2.24, 2.45) is 0 Å². The van der Waals surface area contributed by atoms with E-state index in [9.17, 15) is 8.42 Å². The largest absolute Gasteiger partial charge is 0.278 e. The molecule has 1 N–H and O–H groups in total. The Morgan fingerprint density at radius 3 is 2.60 bits per heavy atom. The van der Waals surface area contributed by atoms with Gasteiger partial charge in [-0.2, -0.15) is 5.10 Å². The van der Waals surface area contributed by atoms with Crippen LogP contribution in [0.2, 0.25) is 10.0 Å². The number of rotatable bonds is 5. The second kappa shape index (κ2) is 6.99. The molecule has 0 spiro atoms. The van der Waals surface area contributed by atoms with E-state index in [1.807, 2.05) is 31.4 Å². The summed E-state index contributed by atoms with van der Waals surface area (Å²) in [6, 6.07) is 8.50. The Morgan fingerprint density at radius 2 is 1.96 bits per heavy atom. The average Bonchev–Trinajstić information content (AvgIpc) is 3.20. The van der Waals surface area contributed by atoms with Gasteiger partial charge >= 0.3 is 0 Å². The maximum Gasteiger partial charge on any atom is 0.265 e. The molecule has 0 unspecified atom stereocenters. The third-order valence-corrected chi connectivity index (χ3v) is 6.53. The summed E-state index contributed by atoms with van der Waals surface area (Å²) in [6.45, 7) is 3.87. The summed E-state index contributed by atoms with van der Waals surface area (Å²) in [7, 11) is -3.89. The monoisotopic (exact) mass is 415 g/mol. The molecule has 0 atom stereocenters. The molecule has 132 valence electrons. The van der Waals surface area contributed by atoms with Gasteiger partial charge in [-0.3, -0.25) is 9.40 Å². The van der Waals surface area contributed by atoms with E-state index in [1.54, 1.807) is 22.9 Å². The van der Waals surface area contributed by atoms with Crippen LogP contribution < -0.4 is 4.72 Å². The van der Waals surface area contributed by atoms with Crippen molar-refractivity contribution < 1.29 is 8.42 Å². The SMILES string of the molecule is CC(C)n1cc(S(=O)(=O)Nc2cccc(Cl)c2Cl)c(-c2cccs2)n1. The first-order valence-corrected chi connectivity index (χ1v) is 10.5. The Balaban J connectivity index is 2.09. The molecule has 0 bridgehead atoms. The molecule has 0 aliphatic heterocycles. The Bertz CT molecular complexity index is 997. The van der Waals surface area contributed by atoms with E-state index >= 15 is 0 Å². The lowest BCUT2D eigenvalue weighted by atomic mass is 10.3. The number of aromatic nitrogens is 2. The number of benzene rings is 1. The smallest absolute Gasteiger partial charge is 0.265 e. The number of nitrogens with zero attached hydrogens (tertiary/aromatic N) is 2. The van der Waals surface area contributed by atoms with Crippen LogP contribution in [-0.2, 0) is 10.0 Å². The Kier molecular flexibility index (Phi) is 5.11. The molecule has 0 aliphatic rings. The Hall–Kier alpha value is -1.54. The average molecular weight is 416 g/mol. The van der Waals surface area contributed by atoms with Crippen LogP contribution in [0.3, 0.4) is 0 Å². The highest BCUT2D eigenvalue weighted by Gasteiger charge is 2.26. The van der Waals surface area contributed by atoms with E-state index in [2.05, 4.69) is 9.82 Å². The van der Waals surface area contributed by atoms with E-state index in [1.165, 1.54) is 17.5 Å². The van der Waals surface area contributed by atoms with Crippen molar-refractivity contribution in [3.63, 3.8) is 0 Å². The lowest BCUT2D eigenvalue weighted by Gasteiger charge is -2.10. The van der Waals surface area contributed by atoms with Crippen LogP contribution in [0.1, 0.15) is 19.9 Å². The van der Waals surface area contributed by atoms with Crippen molar-refractivity contribution in [3.05, 3.63) is 52.0 Å². The van der Waals surface area contributed by atoms with E-state index in [4.69, 9.17) is 23.2 Å². The number of hydrogen-bond acceptors (Lipinski definition) is 4. The van der Waals surface area contributed by atoms with Crippen molar-refractivity contribution in [3.8, 4) is 10.6 Å². The van der Waals surface area contributed by atoms with Gasteiger partial charge in [0.15, 0.2) is 0 Å². The molecule has 25 heavy (non-hydrogen) atoms. The molecular weight excluding hydrogens is 401 g/mol. The van der Waals surface area contributed by atoms with Gasteiger partial charge in [0, 0.05) is 12.2 Å². The van der Waals surface area contributed by atoms with Crippen LogP contribution in [0, 0.1) is 0 Å². The molecule has 0 amide bonds. The standard InChI is InChI=1S/C16H15Cl2N3O2S2/c1-10(2)21-9-14(16(19-21)13-7-4-8-24-13)25(22,23)20-12-6-3-5-11(17)15(12)18/h3-10,20H,1-2H3. The molecule has 0 saturated heterocycles. The van der Waals surface area contributed by atoms with E-state index in [0.717, 1.165) is 4.88 Å². The van der Waals surface area contributed by atoms with Crippen molar-refractivity contribution >= 4 is 50.2 Å². The van der Waals surface area contributed by atoms with Crippen molar-refractivity contribution in [1.29, 1.82) is 0 Å². The Labute approximate surface area is 160 Å². The minimum absolute atomic E-state index is 0.0254. The summed E-state index contributed by atoms with van der Waals surface area (Å²) >= 11 is 13.5. The number of nitrogens with one attached hydrogen (secondary N) is 1. The molecule has 1 aromatic carbocycles. The van der Waals surface area contributed by atoms with Crippen molar-refractivity contribution in [2.45, 2.75) is 24.8 Å². The molecule has 3 aromatic rings. The van der Waals surface area contributed by atoms with Gasteiger partial charge in [0.05, 0.1) is 20.6 Å². The summed E-state index contributed by atoms with van der Waals surface area (Å²) in [4.78, 5) is 0.872. The fraction of sp³-hybridized carbons (Fsp3) is 0.188. The highest BCUT2D eigenvalue weighted by atomic mass is 35.5. The fourth-order valence-corrected chi connectivity index (χ4v) is 4.62. The van der Waals surface area contributed by atoms with Gasteiger partial charge in [-0.25, -0.2) is 8.42 Å². The van der Waals surface area contributed by atoms with Crippen molar-refractivity contribution in [1.82, 2.24) is 9.78 Å². The zero-order valence-electron chi connectivity index (χ0n) is 13.4. The number of thiophene rings is 1. The predicted octanol–water partition coefficient (Wildman–Crippen LogP) is 5.30. The molecule has 2 aromatic heterocycles. The number of sulfonamides is 1. The highest BCUT2D eigenvalue weighted by molar-refractivity contribution is 7.92. The maximum absolute atomic E-state index is 13.0. The minimum Gasteiger partial charge on any atom is -0.278 e. The van der Waals surface area contributed by atoms with Crippen LogP contribution in [0.5, 0.6) is 0 Å². The number of anilines is 1. The lowest BCUT2D eigenvalue weighted by Crippen LogP contribution is -2.13. The van der Waals surface area contributed by atoms with Crippen LogP contribution in [-0.4, -0.2) is 18.2 Å². The van der Waals surface area contributed by atoms with Crippen LogP contribution in [0.15, 0.2) is 46.8 Å². The van der Waals surface area contributed by atoms with Gasteiger partial charge in [0.1, 0.15) is 10.6 Å². The molecule has 5 nitrogen and oxygen atoms in total. The van der Waals surface area contributed by atoms with Gasteiger partial charge < -0.3 is 0 Å². The summed E-state index contributed by atoms with van der Waals surface area (Å²) in [5.74, 6) is 0. The summed E-state index contributed by atoms with van der Waals surface area (Å²) in [6.07, 6.45) is 1.53. The zero-order chi connectivity index (χ0) is 18.2. The van der Waals surface area contributed by atoms with Gasteiger partial charge in [-0.15, -0.1) is 11.3 Å². The molecule has 0 saturated carbocycles. The summed E-state index contributed by atoms with van der Waals surface area (Å²) in [5.41, 5.74) is 0.637. The van der Waals surface area contributed by atoms with E-state index in [-0.39, 0.29) is 26.7 Å². The summed E-state index contributed by atoms with van der Waals surface area (Å²) < 4.78 is 30.0. The fourth-order valence-electron chi connectivity index (χ4n) is 2.20. The van der Waals surface area contributed by atoms with Gasteiger partial charge in [-0.05, 0) is 37.4 Å². The van der Waals surface area contributed by atoms with Gasteiger partial charge in [-0.1, -0.05) is 35.3 Å². The molecular formula is C16H15Cl2N3O2S2. The van der Waals surface area contributed by atoms with Crippen LogP contribution >= 0.6 is 34.5 Å². The van der Waals surface area contributed by atoms with Crippen LogP contribution in [0.25, 0.3) is 10.6 Å². The topological polar surface area (TPSA) is 64.0 Å². The third-order valence-electron chi connectivity index (χ3n) is 3.47. The van der Waals surface area contributed by atoms with Gasteiger partial charge in [0.2, 0.25) is 0 Å². The highest BCUT2D eigenvalue weighted by Crippen LogP contribution is 2.34. The summed E-state index contributed by atoms with van der Waals surface area (Å²) in [5, 5.41) is 6.76. The molecule has 9 heteroatoms. The molecule has 0 fully saturated rings. The second-order valence-corrected chi connectivity index (χ2v) is 8.98. The third kappa shape index (κ3) is 3.69. The zero-order valence-corrected chi connectivity index (χ0v) is 16.5. The first-order valence-electron chi connectivity index (χ1n) is 7.39. The lowest BCUT2D eigenvalue weighted by molar-refractivity contribution is 0.532. The quantitative estimate of drug-likeness (QED) is 0.614. The molecule has 2 heterocycles. The first-order chi connectivity index (χ1) is 11.8. The van der Waals surface area contributed by atoms with E-state index < -0.39 is 10.0 Å². The normalized spacial score (nSPS) is 11.9. The number of hydrogen-bond donors (Lipinski definition) is 1. The van der Waals surface area contributed by atoms with Gasteiger partial charge in [0.25, 0.3) is 10.0 Å². The second-order valence-electron chi connectivity index (χ2n) is 5.60. The molecule has 0 aliphatic carbocycles. The minimum atomic E-state index is -3.89. The number of halogens is 2. The maximum atomic E-state index is 13.0. The van der Waals surface area contributed by atoms with E-state index in [0.29, 0.717) is 5.69 Å².